The van der Waals surface area contributed by atoms with Gasteiger partial charge in [-0.1, -0.05) is 12.1 Å². The molecule has 0 saturated heterocycles. The predicted molar refractivity (Wildman–Crippen MR) is 115 cm³/mol. The minimum atomic E-state index is -0.496. The van der Waals surface area contributed by atoms with Crippen LogP contribution in [0.5, 0.6) is 5.88 Å². The number of hydrogen-bond donors (Lipinski definition) is 2. The highest BCUT2D eigenvalue weighted by Gasteiger charge is 2.18. The van der Waals surface area contributed by atoms with Crippen molar-refractivity contribution in [3.8, 4) is 5.88 Å². The second-order valence-electron chi connectivity index (χ2n) is 7.77. The second-order valence-corrected chi connectivity index (χ2v) is 7.77. The van der Waals surface area contributed by atoms with Crippen LogP contribution in [0.1, 0.15) is 42.4 Å². The van der Waals surface area contributed by atoms with E-state index in [-0.39, 0.29) is 6.10 Å². The first kappa shape index (κ1) is 19.4. The Kier molecular flexibility index (Phi) is 5.43. The lowest BCUT2D eigenvalue weighted by atomic mass is 10.1. The van der Waals surface area contributed by atoms with E-state index in [9.17, 15) is 4.39 Å². The molecule has 0 bridgehead atoms. The zero-order valence-corrected chi connectivity index (χ0v) is 17.0. The van der Waals surface area contributed by atoms with Gasteiger partial charge in [0.2, 0.25) is 11.8 Å². The summed E-state index contributed by atoms with van der Waals surface area (Å²) < 4.78 is 20.8. The number of nitrogens with zero attached hydrogens (tertiary/aromatic N) is 4. The molecule has 1 fully saturated rings. The number of aromatic amines is 1. The second kappa shape index (κ2) is 8.67. The Balaban J connectivity index is 1.27. The van der Waals surface area contributed by atoms with Crippen LogP contribution in [0.2, 0.25) is 0 Å². The Morgan fingerprint density at radius 3 is 2.87 bits per heavy atom. The number of hydrogen-bond acceptors (Lipinski definition) is 6. The molecule has 7 nitrogen and oxygen atoms in total. The van der Waals surface area contributed by atoms with Gasteiger partial charge in [0.25, 0.3) is 0 Å². The van der Waals surface area contributed by atoms with Gasteiger partial charge in [-0.05, 0) is 43.4 Å². The molecular weight excluding hydrogens is 395 g/mol. The highest BCUT2D eigenvalue weighted by atomic mass is 19.1. The quantitative estimate of drug-likeness (QED) is 0.432. The van der Waals surface area contributed by atoms with Crippen molar-refractivity contribution in [1.82, 2.24) is 24.9 Å². The van der Waals surface area contributed by atoms with Gasteiger partial charge in [0.1, 0.15) is 23.9 Å². The van der Waals surface area contributed by atoms with Crippen LogP contribution in [-0.2, 0) is 13.0 Å². The molecule has 0 spiro atoms. The lowest BCUT2D eigenvalue weighted by Crippen LogP contribution is -2.14. The van der Waals surface area contributed by atoms with Gasteiger partial charge < -0.3 is 15.0 Å². The maximum absolute atomic E-state index is 14.7. The first-order chi connectivity index (χ1) is 15.3. The number of aromatic nitrogens is 5. The van der Waals surface area contributed by atoms with E-state index in [2.05, 4.69) is 30.2 Å². The summed E-state index contributed by atoms with van der Waals surface area (Å²) in [6.07, 6.45) is 12.0. The van der Waals surface area contributed by atoms with Crippen molar-refractivity contribution in [3.05, 3.63) is 71.8 Å². The smallest absolute Gasteiger partial charge is 0.218 e. The van der Waals surface area contributed by atoms with Gasteiger partial charge in [0.15, 0.2) is 0 Å². The summed E-state index contributed by atoms with van der Waals surface area (Å²) >= 11 is 0. The van der Waals surface area contributed by atoms with E-state index in [1.165, 1.54) is 19.2 Å². The molecule has 1 aliphatic carbocycles. The van der Waals surface area contributed by atoms with Gasteiger partial charge in [0.05, 0.1) is 0 Å². The van der Waals surface area contributed by atoms with Gasteiger partial charge in [-0.15, -0.1) is 0 Å². The summed E-state index contributed by atoms with van der Waals surface area (Å²) in [7, 11) is 0. The number of fused-ring (bicyclic) bond motifs is 1. The largest absolute Gasteiger partial charge is 0.474 e. The Labute approximate surface area is 179 Å². The predicted octanol–water partition coefficient (Wildman–Crippen LogP) is 4.41. The molecule has 1 saturated carbocycles. The number of ether oxygens (including phenoxy) is 1. The van der Waals surface area contributed by atoms with E-state index >= 15 is 0 Å². The molecule has 1 aliphatic rings. The van der Waals surface area contributed by atoms with E-state index in [1.54, 1.807) is 24.5 Å². The van der Waals surface area contributed by atoms with Crippen molar-refractivity contribution < 1.29 is 9.13 Å². The van der Waals surface area contributed by atoms with Gasteiger partial charge in [-0.25, -0.2) is 19.9 Å². The minimum Gasteiger partial charge on any atom is -0.474 e. The third kappa shape index (κ3) is 4.33. The van der Waals surface area contributed by atoms with Gasteiger partial charge >= 0.3 is 0 Å². The first-order valence-electron chi connectivity index (χ1n) is 10.5. The molecule has 5 rings (SSSR count). The van der Waals surface area contributed by atoms with Gasteiger partial charge in [-0.3, -0.25) is 0 Å². The fraction of sp³-hybridized carbons (Fsp3) is 0.304. The average Bonchev–Trinajstić information content (AvgIpc) is 3.45. The number of halogens is 1. The summed E-state index contributed by atoms with van der Waals surface area (Å²) in [5, 5.41) is 4.07. The molecule has 4 aromatic rings. The van der Waals surface area contributed by atoms with Gasteiger partial charge in [0, 0.05) is 48.1 Å². The summed E-state index contributed by atoms with van der Waals surface area (Å²) in [4.78, 5) is 19.8. The Morgan fingerprint density at radius 2 is 2.00 bits per heavy atom. The molecule has 4 aromatic heterocycles. The Hall–Kier alpha value is -3.55. The van der Waals surface area contributed by atoms with Crippen LogP contribution in [0.15, 0.2) is 49.2 Å². The van der Waals surface area contributed by atoms with Crippen molar-refractivity contribution in [2.75, 3.05) is 5.32 Å². The van der Waals surface area contributed by atoms with Crippen molar-refractivity contribution in [3.63, 3.8) is 0 Å². The molecule has 31 heavy (non-hydrogen) atoms. The van der Waals surface area contributed by atoms with Crippen LogP contribution >= 0.6 is 0 Å². The lowest BCUT2D eigenvalue weighted by molar-refractivity contribution is 0.199. The third-order valence-corrected chi connectivity index (χ3v) is 5.64. The molecule has 0 unspecified atom stereocenters. The van der Waals surface area contributed by atoms with Crippen molar-refractivity contribution in [1.29, 1.82) is 0 Å². The van der Waals surface area contributed by atoms with Crippen LogP contribution < -0.4 is 10.1 Å². The topological polar surface area (TPSA) is 88.6 Å². The molecular formula is C23H23FN6O. The molecule has 158 valence electrons. The molecule has 0 atom stereocenters. The van der Waals surface area contributed by atoms with Crippen LogP contribution in [0, 0.1) is 5.95 Å². The number of pyridine rings is 2. The first-order valence-corrected chi connectivity index (χ1v) is 10.5. The van der Waals surface area contributed by atoms with Crippen LogP contribution in [-0.4, -0.2) is 31.0 Å². The summed E-state index contributed by atoms with van der Waals surface area (Å²) in [6.45, 7) is 0.460. The van der Waals surface area contributed by atoms with E-state index in [4.69, 9.17) is 4.74 Å². The van der Waals surface area contributed by atoms with Crippen molar-refractivity contribution in [2.24, 2.45) is 0 Å². The normalized spacial score (nSPS) is 14.2. The van der Waals surface area contributed by atoms with E-state index in [0.717, 1.165) is 35.0 Å². The molecule has 2 N–H and O–H groups in total. The Bertz CT molecular complexity index is 1190. The maximum Gasteiger partial charge on any atom is 0.218 e. The molecule has 0 aliphatic heterocycles. The average molecular weight is 418 g/mol. The van der Waals surface area contributed by atoms with E-state index < -0.39 is 5.95 Å². The fourth-order valence-electron chi connectivity index (χ4n) is 3.97. The van der Waals surface area contributed by atoms with Crippen LogP contribution in [0.25, 0.3) is 11.0 Å². The van der Waals surface area contributed by atoms with Crippen molar-refractivity contribution >= 4 is 16.9 Å². The summed E-state index contributed by atoms with van der Waals surface area (Å²) in [5.74, 6) is 0.615. The number of anilines is 1. The molecule has 0 aromatic carbocycles. The SMILES string of the molecule is Fc1nc(NCc2cccnc2OC2CCCC2)ccc1Cc1c[nH]c2ncncc12. The highest BCUT2D eigenvalue weighted by Crippen LogP contribution is 2.26. The monoisotopic (exact) mass is 418 g/mol. The summed E-state index contributed by atoms with van der Waals surface area (Å²) in [6, 6.07) is 7.39. The van der Waals surface area contributed by atoms with E-state index in [1.807, 2.05) is 18.3 Å². The molecule has 4 heterocycles. The molecule has 8 heteroatoms. The lowest BCUT2D eigenvalue weighted by Gasteiger charge is -2.15. The van der Waals surface area contributed by atoms with Crippen LogP contribution in [0.4, 0.5) is 10.2 Å². The summed E-state index contributed by atoms with van der Waals surface area (Å²) in [5.41, 5.74) is 3.12. The van der Waals surface area contributed by atoms with E-state index in [0.29, 0.717) is 30.2 Å². The van der Waals surface area contributed by atoms with Crippen LogP contribution in [0.3, 0.4) is 0 Å². The molecule has 0 radical (unpaired) electrons. The standard InChI is InChI=1S/C23H23FN6O/c24-21-15(10-17-12-28-22-19(17)13-25-14-29-22)7-8-20(30-21)27-11-16-4-3-9-26-23(16)31-18-5-1-2-6-18/h3-4,7-9,12-14,18H,1-2,5-6,10-11H2,(H,27,30)(H,25,28,29). The van der Waals surface area contributed by atoms with Crippen molar-refractivity contribution in [2.45, 2.75) is 44.8 Å². The molecule has 0 amide bonds. The zero-order chi connectivity index (χ0) is 21.0. The Morgan fingerprint density at radius 1 is 1.10 bits per heavy atom. The van der Waals surface area contributed by atoms with Gasteiger partial charge in [-0.2, -0.15) is 4.39 Å². The third-order valence-electron chi connectivity index (χ3n) is 5.64. The zero-order valence-electron chi connectivity index (χ0n) is 17.0. The number of rotatable bonds is 7. The highest BCUT2D eigenvalue weighted by molar-refractivity contribution is 5.78. The fourth-order valence-corrected chi connectivity index (χ4v) is 3.97. The number of H-pyrrole nitrogens is 1. The number of nitrogens with one attached hydrogen (secondary N) is 2. The maximum atomic E-state index is 14.7. The minimum absolute atomic E-state index is 0.235.